The van der Waals surface area contributed by atoms with Gasteiger partial charge in [0.15, 0.2) is 0 Å². The molecule has 1 atom stereocenters. The van der Waals surface area contributed by atoms with Crippen molar-refractivity contribution in [1.82, 2.24) is 20.6 Å². The number of aromatic nitrogens is 2. The lowest BCUT2D eigenvalue weighted by molar-refractivity contribution is 0.0945. The molecule has 0 spiro atoms. The molecule has 0 aliphatic carbocycles. The summed E-state index contributed by atoms with van der Waals surface area (Å²) >= 11 is 0. The molecule has 1 amide bonds. The van der Waals surface area contributed by atoms with Crippen molar-refractivity contribution in [1.29, 1.82) is 0 Å². The minimum Gasteiger partial charge on any atom is -0.351 e. The molecule has 1 aliphatic heterocycles. The lowest BCUT2D eigenvalue weighted by Gasteiger charge is -2.22. The Morgan fingerprint density at radius 3 is 3.00 bits per heavy atom. The zero-order chi connectivity index (χ0) is 14.5. The second-order valence-electron chi connectivity index (χ2n) is 5.50. The smallest absolute Gasteiger partial charge is 0.271 e. The first kappa shape index (κ1) is 13.9. The summed E-state index contributed by atoms with van der Waals surface area (Å²) in [6, 6.07) is 7.57. The number of hydrogen-bond donors (Lipinski definition) is 2. The Hall–Kier alpha value is -2.01. The molecule has 3 rings (SSSR count). The molecule has 110 valence electrons. The van der Waals surface area contributed by atoms with E-state index in [1.165, 1.54) is 12.8 Å². The minimum absolute atomic E-state index is 0.142. The number of para-hydroxylation sites is 2. The third-order valence-corrected chi connectivity index (χ3v) is 3.92. The topological polar surface area (TPSA) is 66.9 Å². The van der Waals surface area contributed by atoms with Crippen molar-refractivity contribution in [3.63, 3.8) is 0 Å². The highest BCUT2D eigenvalue weighted by atomic mass is 16.1. The fourth-order valence-electron chi connectivity index (χ4n) is 2.72. The highest BCUT2D eigenvalue weighted by Gasteiger charge is 2.14. The van der Waals surface area contributed by atoms with E-state index < -0.39 is 0 Å². The lowest BCUT2D eigenvalue weighted by Crippen LogP contribution is -2.33. The molecule has 1 saturated heterocycles. The molecule has 1 unspecified atom stereocenters. The second-order valence-corrected chi connectivity index (χ2v) is 5.50. The van der Waals surface area contributed by atoms with Crippen LogP contribution in [0.3, 0.4) is 0 Å². The van der Waals surface area contributed by atoms with E-state index in [1.807, 2.05) is 24.3 Å². The number of carbonyl (C=O) groups excluding carboxylic acids is 1. The molecule has 2 aromatic rings. The van der Waals surface area contributed by atoms with E-state index >= 15 is 0 Å². The van der Waals surface area contributed by atoms with E-state index in [9.17, 15) is 4.79 Å². The predicted molar refractivity (Wildman–Crippen MR) is 82.1 cm³/mol. The standard InChI is InChI=1S/C16H20N4O/c21-16(18-9-7-12-4-3-8-17-10-12)15-11-19-13-5-1-2-6-14(13)20-15/h1-2,5-6,11-12,17H,3-4,7-10H2,(H,18,21). The summed E-state index contributed by atoms with van der Waals surface area (Å²) in [5.41, 5.74) is 1.94. The van der Waals surface area contributed by atoms with Crippen LogP contribution in [0.2, 0.25) is 0 Å². The van der Waals surface area contributed by atoms with Gasteiger partial charge in [-0.15, -0.1) is 0 Å². The Morgan fingerprint density at radius 1 is 1.33 bits per heavy atom. The Kier molecular flexibility index (Phi) is 4.40. The van der Waals surface area contributed by atoms with Crippen LogP contribution in [-0.4, -0.2) is 35.5 Å². The summed E-state index contributed by atoms with van der Waals surface area (Å²) in [7, 11) is 0. The predicted octanol–water partition coefficient (Wildman–Crippen LogP) is 1.75. The Balaban J connectivity index is 1.56. The lowest BCUT2D eigenvalue weighted by atomic mass is 9.96. The van der Waals surface area contributed by atoms with Crippen LogP contribution >= 0.6 is 0 Å². The molecule has 0 saturated carbocycles. The Bertz CT molecular complexity index is 622. The summed E-state index contributed by atoms with van der Waals surface area (Å²) in [5.74, 6) is 0.527. The zero-order valence-corrected chi connectivity index (χ0v) is 12.0. The molecule has 1 aromatic heterocycles. The molecule has 0 radical (unpaired) electrons. The molecule has 0 bridgehead atoms. The molecule has 1 aliphatic rings. The van der Waals surface area contributed by atoms with Crippen molar-refractivity contribution in [2.75, 3.05) is 19.6 Å². The van der Waals surface area contributed by atoms with Gasteiger partial charge < -0.3 is 10.6 Å². The van der Waals surface area contributed by atoms with Crippen LogP contribution in [0.5, 0.6) is 0 Å². The van der Waals surface area contributed by atoms with Crippen molar-refractivity contribution in [2.24, 2.45) is 5.92 Å². The van der Waals surface area contributed by atoms with Gasteiger partial charge in [-0.05, 0) is 50.4 Å². The first-order valence-corrected chi connectivity index (χ1v) is 7.53. The van der Waals surface area contributed by atoms with Crippen molar-refractivity contribution in [3.8, 4) is 0 Å². The number of rotatable bonds is 4. The highest BCUT2D eigenvalue weighted by Crippen LogP contribution is 2.13. The first-order chi connectivity index (χ1) is 10.3. The minimum atomic E-state index is -0.142. The molecular formula is C16H20N4O. The number of hydrogen-bond acceptors (Lipinski definition) is 4. The summed E-state index contributed by atoms with van der Waals surface area (Å²) in [5, 5.41) is 6.33. The van der Waals surface area contributed by atoms with E-state index in [2.05, 4.69) is 20.6 Å². The van der Waals surface area contributed by atoms with E-state index in [4.69, 9.17) is 0 Å². The third kappa shape index (κ3) is 3.55. The van der Waals surface area contributed by atoms with Crippen LogP contribution in [0, 0.1) is 5.92 Å². The normalized spacial score (nSPS) is 18.6. The van der Waals surface area contributed by atoms with Gasteiger partial charge in [-0.3, -0.25) is 9.78 Å². The van der Waals surface area contributed by atoms with Crippen molar-refractivity contribution >= 4 is 16.9 Å². The summed E-state index contributed by atoms with van der Waals surface area (Å²) < 4.78 is 0. The number of amides is 1. The maximum atomic E-state index is 12.1. The van der Waals surface area contributed by atoms with Crippen LogP contribution in [0.25, 0.3) is 11.0 Å². The molecule has 2 N–H and O–H groups in total. The molecule has 21 heavy (non-hydrogen) atoms. The maximum Gasteiger partial charge on any atom is 0.271 e. The van der Waals surface area contributed by atoms with Gasteiger partial charge in [0, 0.05) is 6.54 Å². The molecule has 2 heterocycles. The van der Waals surface area contributed by atoms with Gasteiger partial charge in [-0.25, -0.2) is 4.98 Å². The van der Waals surface area contributed by atoms with Crippen molar-refractivity contribution in [2.45, 2.75) is 19.3 Å². The van der Waals surface area contributed by atoms with Gasteiger partial charge >= 0.3 is 0 Å². The zero-order valence-electron chi connectivity index (χ0n) is 12.0. The molecule has 1 fully saturated rings. The fourth-order valence-corrected chi connectivity index (χ4v) is 2.72. The van der Waals surface area contributed by atoms with Gasteiger partial charge in [0.25, 0.3) is 5.91 Å². The number of nitrogens with one attached hydrogen (secondary N) is 2. The molecular weight excluding hydrogens is 264 g/mol. The van der Waals surface area contributed by atoms with E-state index in [0.29, 0.717) is 18.2 Å². The quantitative estimate of drug-likeness (QED) is 0.897. The van der Waals surface area contributed by atoms with Gasteiger partial charge in [-0.1, -0.05) is 12.1 Å². The van der Waals surface area contributed by atoms with Gasteiger partial charge in [0.1, 0.15) is 5.69 Å². The third-order valence-electron chi connectivity index (χ3n) is 3.92. The average molecular weight is 284 g/mol. The largest absolute Gasteiger partial charge is 0.351 e. The van der Waals surface area contributed by atoms with Gasteiger partial charge in [-0.2, -0.15) is 0 Å². The SMILES string of the molecule is O=C(NCCC1CCCNC1)c1cnc2ccccc2n1. The number of benzene rings is 1. The summed E-state index contributed by atoms with van der Waals surface area (Å²) in [6.45, 7) is 2.88. The number of carbonyl (C=O) groups is 1. The van der Waals surface area contributed by atoms with Crippen LogP contribution in [0.4, 0.5) is 0 Å². The van der Waals surface area contributed by atoms with Crippen LogP contribution in [-0.2, 0) is 0 Å². The highest BCUT2D eigenvalue weighted by molar-refractivity contribution is 5.93. The molecule has 5 heteroatoms. The van der Waals surface area contributed by atoms with Crippen LogP contribution in [0.15, 0.2) is 30.5 Å². The van der Waals surface area contributed by atoms with E-state index in [-0.39, 0.29) is 5.91 Å². The monoisotopic (exact) mass is 284 g/mol. The molecule has 1 aromatic carbocycles. The van der Waals surface area contributed by atoms with Crippen LogP contribution < -0.4 is 10.6 Å². The molecule has 5 nitrogen and oxygen atoms in total. The first-order valence-electron chi connectivity index (χ1n) is 7.53. The van der Waals surface area contributed by atoms with Crippen LogP contribution in [0.1, 0.15) is 29.8 Å². The summed E-state index contributed by atoms with van der Waals surface area (Å²) in [4.78, 5) is 20.7. The Labute approximate surface area is 124 Å². The average Bonchev–Trinajstić information content (AvgIpc) is 2.55. The second kappa shape index (κ2) is 6.63. The summed E-state index contributed by atoms with van der Waals surface area (Å²) in [6.07, 6.45) is 5.03. The Morgan fingerprint density at radius 2 is 2.19 bits per heavy atom. The maximum absolute atomic E-state index is 12.1. The van der Waals surface area contributed by atoms with Gasteiger partial charge in [0.05, 0.1) is 17.2 Å². The fraction of sp³-hybridized carbons (Fsp3) is 0.438. The number of nitrogens with zero attached hydrogens (tertiary/aromatic N) is 2. The van der Waals surface area contributed by atoms with E-state index in [1.54, 1.807) is 6.20 Å². The van der Waals surface area contributed by atoms with Crippen molar-refractivity contribution in [3.05, 3.63) is 36.2 Å². The van der Waals surface area contributed by atoms with E-state index in [0.717, 1.165) is 30.5 Å². The van der Waals surface area contributed by atoms with Crippen molar-refractivity contribution < 1.29 is 4.79 Å². The van der Waals surface area contributed by atoms with Gasteiger partial charge in [0.2, 0.25) is 0 Å². The number of piperidine rings is 1. The number of fused-ring (bicyclic) bond motifs is 1.